The summed E-state index contributed by atoms with van der Waals surface area (Å²) in [5.41, 5.74) is -0.219. The molecule has 1 aliphatic heterocycles. The molecule has 0 amide bonds. The van der Waals surface area contributed by atoms with E-state index in [1.807, 2.05) is 0 Å². The molecular formula is C5H10ClNO. The normalized spacial score (nSPS) is 39.8. The highest BCUT2D eigenvalue weighted by atomic mass is 35.5. The molecule has 8 heavy (non-hydrogen) atoms. The van der Waals surface area contributed by atoms with Gasteiger partial charge in [-0.2, -0.15) is 0 Å². The van der Waals surface area contributed by atoms with Gasteiger partial charge in [-0.3, -0.25) is 5.32 Å². The van der Waals surface area contributed by atoms with Gasteiger partial charge < -0.3 is 5.11 Å². The van der Waals surface area contributed by atoms with Crippen molar-refractivity contribution in [3.05, 3.63) is 0 Å². The third-order valence-corrected chi connectivity index (χ3v) is 1.80. The van der Waals surface area contributed by atoms with Crippen LogP contribution < -0.4 is 5.32 Å². The predicted molar refractivity (Wildman–Crippen MR) is 32.9 cm³/mol. The van der Waals surface area contributed by atoms with E-state index in [0.717, 1.165) is 19.4 Å². The van der Waals surface area contributed by atoms with Crippen LogP contribution >= 0.6 is 11.6 Å². The first-order valence-corrected chi connectivity index (χ1v) is 3.30. The number of piperidine rings is 1. The van der Waals surface area contributed by atoms with Crippen LogP contribution in [0.5, 0.6) is 0 Å². The highest BCUT2D eigenvalue weighted by Gasteiger charge is 2.18. The maximum Gasteiger partial charge on any atom is 0.109 e. The van der Waals surface area contributed by atoms with Crippen LogP contribution in [-0.2, 0) is 0 Å². The minimum Gasteiger partial charge on any atom is -0.390 e. The second-order valence-corrected chi connectivity index (χ2v) is 2.54. The van der Waals surface area contributed by atoms with Crippen molar-refractivity contribution < 1.29 is 5.11 Å². The van der Waals surface area contributed by atoms with Crippen LogP contribution in [-0.4, -0.2) is 23.3 Å². The molecule has 3 heteroatoms. The van der Waals surface area contributed by atoms with E-state index in [1.54, 1.807) is 0 Å². The molecule has 0 aromatic rings. The summed E-state index contributed by atoms with van der Waals surface area (Å²) in [6.45, 7) is 0.936. The Kier molecular flexibility index (Phi) is 2.11. The van der Waals surface area contributed by atoms with Gasteiger partial charge in [0.25, 0.3) is 0 Å². The van der Waals surface area contributed by atoms with E-state index in [0.29, 0.717) is 0 Å². The molecule has 48 valence electrons. The molecule has 0 bridgehead atoms. The molecule has 1 rings (SSSR count). The first kappa shape index (κ1) is 6.33. The maximum absolute atomic E-state index is 8.98. The van der Waals surface area contributed by atoms with Gasteiger partial charge in [-0.15, -0.1) is 11.6 Å². The number of rotatable bonds is 0. The minimum atomic E-state index is -0.342. The van der Waals surface area contributed by atoms with Crippen LogP contribution in [0.3, 0.4) is 0 Å². The van der Waals surface area contributed by atoms with Gasteiger partial charge in [0.2, 0.25) is 0 Å². The predicted octanol–water partition coefficient (Wildman–Crippen LogP) is 0.296. The maximum atomic E-state index is 8.98. The lowest BCUT2D eigenvalue weighted by Gasteiger charge is -2.23. The largest absolute Gasteiger partial charge is 0.390 e. The number of aliphatic hydroxyl groups is 1. The highest BCUT2D eigenvalue weighted by Crippen LogP contribution is 2.10. The second-order valence-electron chi connectivity index (χ2n) is 2.07. The SMILES string of the molecule is OC1CCCNC1Cl. The van der Waals surface area contributed by atoms with Gasteiger partial charge in [0.1, 0.15) is 5.50 Å². The van der Waals surface area contributed by atoms with Crippen molar-refractivity contribution in [3.8, 4) is 0 Å². The van der Waals surface area contributed by atoms with Crippen molar-refractivity contribution in [2.24, 2.45) is 0 Å². The topological polar surface area (TPSA) is 32.3 Å². The van der Waals surface area contributed by atoms with E-state index in [9.17, 15) is 0 Å². The quantitative estimate of drug-likeness (QED) is 0.370. The van der Waals surface area contributed by atoms with Gasteiger partial charge in [-0.05, 0) is 19.4 Å². The monoisotopic (exact) mass is 135 g/mol. The molecule has 2 atom stereocenters. The molecule has 1 heterocycles. The van der Waals surface area contributed by atoms with Crippen molar-refractivity contribution in [2.45, 2.75) is 24.4 Å². The van der Waals surface area contributed by atoms with E-state index >= 15 is 0 Å². The first-order valence-electron chi connectivity index (χ1n) is 2.86. The molecule has 1 aliphatic rings. The molecule has 0 saturated carbocycles. The standard InChI is InChI=1S/C5H10ClNO/c6-5-4(8)2-1-3-7-5/h4-5,7-8H,1-3H2. The van der Waals surface area contributed by atoms with Crippen molar-refractivity contribution in [1.82, 2.24) is 5.32 Å². The Balaban J connectivity index is 2.28. The number of alkyl halides is 1. The Bertz CT molecular complexity index is 68.8. The lowest BCUT2D eigenvalue weighted by Crippen LogP contribution is -2.40. The van der Waals surface area contributed by atoms with Crippen molar-refractivity contribution >= 4 is 11.6 Å². The molecule has 0 radical (unpaired) electrons. The number of aliphatic hydroxyl groups excluding tert-OH is 1. The minimum absolute atomic E-state index is 0.219. The summed E-state index contributed by atoms with van der Waals surface area (Å²) in [6.07, 6.45) is 1.52. The van der Waals surface area contributed by atoms with Gasteiger partial charge in [-0.1, -0.05) is 0 Å². The summed E-state index contributed by atoms with van der Waals surface area (Å²) in [6, 6.07) is 0. The Morgan fingerprint density at radius 3 is 2.75 bits per heavy atom. The number of nitrogens with one attached hydrogen (secondary N) is 1. The van der Waals surface area contributed by atoms with Crippen LogP contribution in [0, 0.1) is 0 Å². The zero-order chi connectivity index (χ0) is 5.98. The number of hydrogen-bond acceptors (Lipinski definition) is 2. The van der Waals surface area contributed by atoms with Crippen LogP contribution in [0.15, 0.2) is 0 Å². The molecule has 1 saturated heterocycles. The smallest absolute Gasteiger partial charge is 0.109 e. The Morgan fingerprint density at radius 1 is 1.62 bits per heavy atom. The molecule has 2 N–H and O–H groups in total. The highest BCUT2D eigenvalue weighted by molar-refractivity contribution is 6.20. The third kappa shape index (κ3) is 1.34. The average molecular weight is 136 g/mol. The lowest BCUT2D eigenvalue weighted by atomic mass is 10.1. The van der Waals surface area contributed by atoms with E-state index in [1.165, 1.54) is 0 Å². The van der Waals surface area contributed by atoms with Gasteiger partial charge in [0.15, 0.2) is 0 Å². The molecule has 1 fully saturated rings. The third-order valence-electron chi connectivity index (χ3n) is 1.35. The van der Waals surface area contributed by atoms with Crippen LogP contribution in [0.25, 0.3) is 0 Å². The molecule has 0 aliphatic carbocycles. The molecule has 2 nitrogen and oxygen atoms in total. The summed E-state index contributed by atoms with van der Waals surface area (Å²) in [7, 11) is 0. The Morgan fingerprint density at radius 2 is 2.38 bits per heavy atom. The van der Waals surface area contributed by atoms with Crippen molar-refractivity contribution in [2.75, 3.05) is 6.54 Å². The number of hydrogen-bond donors (Lipinski definition) is 2. The summed E-state index contributed by atoms with van der Waals surface area (Å²) in [4.78, 5) is 0. The van der Waals surface area contributed by atoms with E-state index in [4.69, 9.17) is 16.7 Å². The summed E-state index contributed by atoms with van der Waals surface area (Å²) in [5.74, 6) is 0. The van der Waals surface area contributed by atoms with Gasteiger partial charge in [-0.25, -0.2) is 0 Å². The fourth-order valence-corrected chi connectivity index (χ4v) is 1.07. The van der Waals surface area contributed by atoms with Crippen molar-refractivity contribution in [3.63, 3.8) is 0 Å². The average Bonchev–Trinajstić information content (AvgIpc) is 1.77. The molecule has 0 spiro atoms. The summed E-state index contributed by atoms with van der Waals surface area (Å²) >= 11 is 5.61. The summed E-state index contributed by atoms with van der Waals surface area (Å²) < 4.78 is 0. The fourth-order valence-electron chi connectivity index (χ4n) is 0.834. The van der Waals surface area contributed by atoms with Gasteiger partial charge >= 0.3 is 0 Å². The Hall–Kier alpha value is 0.210. The van der Waals surface area contributed by atoms with Crippen LogP contribution in [0.1, 0.15) is 12.8 Å². The lowest BCUT2D eigenvalue weighted by molar-refractivity contribution is 0.127. The fraction of sp³-hybridized carbons (Fsp3) is 1.00. The zero-order valence-electron chi connectivity index (χ0n) is 4.60. The van der Waals surface area contributed by atoms with E-state index in [-0.39, 0.29) is 11.6 Å². The van der Waals surface area contributed by atoms with Gasteiger partial charge in [0, 0.05) is 0 Å². The molecular weight excluding hydrogens is 126 g/mol. The first-order chi connectivity index (χ1) is 3.80. The van der Waals surface area contributed by atoms with Crippen LogP contribution in [0.2, 0.25) is 0 Å². The zero-order valence-corrected chi connectivity index (χ0v) is 5.36. The molecule has 2 unspecified atom stereocenters. The molecule has 0 aromatic carbocycles. The van der Waals surface area contributed by atoms with Gasteiger partial charge in [0.05, 0.1) is 6.10 Å². The van der Waals surface area contributed by atoms with E-state index < -0.39 is 0 Å². The second kappa shape index (κ2) is 2.67. The van der Waals surface area contributed by atoms with Crippen molar-refractivity contribution in [1.29, 1.82) is 0 Å². The Labute approximate surface area is 53.8 Å². The number of halogens is 1. The summed E-state index contributed by atoms with van der Waals surface area (Å²) in [5, 5.41) is 11.9. The molecule has 0 aromatic heterocycles. The van der Waals surface area contributed by atoms with E-state index in [2.05, 4.69) is 5.32 Å². The van der Waals surface area contributed by atoms with Crippen LogP contribution in [0.4, 0.5) is 0 Å².